The maximum atomic E-state index is 3.90. The van der Waals surface area contributed by atoms with E-state index in [0.717, 1.165) is 17.9 Å². The summed E-state index contributed by atoms with van der Waals surface area (Å²) in [6, 6.07) is 0. The van der Waals surface area contributed by atoms with Crippen molar-refractivity contribution >= 4 is 0 Å². The summed E-state index contributed by atoms with van der Waals surface area (Å²) in [5.74, 6) is 0.924. The predicted molar refractivity (Wildman–Crippen MR) is 101 cm³/mol. The molecule has 0 nitrogen and oxygen atoms in total. The van der Waals surface area contributed by atoms with E-state index in [0.29, 0.717) is 0 Å². The van der Waals surface area contributed by atoms with E-state index in [1.54, 1.807) is 6.08 Å². The molecule has 1 aliphatic carbocycles. The molecular weight excluding hydrogens is 252 g/mol. The van der Waals surface area contributed by atoms with E-state index in [-0.39, 0.29) is 0 Å². The average molecular weight is 293 g/mol. The van der Waals surface area contributed by atoms with Crippen molar-refractivity contribution in [1.29, 1.82) is 0 Å². The van der Waals surface area contributed by atoms with Gasteiger partial charge in [-0.25, -0.2) is 0 Å². The molecule has 0 amide bonds. The van der Waals surface area contributed by atoms with Crippen LogP contribution in [0.5, 0.6) is 0 Å². The summed E-state index contributed by atoms with van der Waals surface area (Å²) in [6.07, 6.45) is 15.2. The number of unbranched alkanes of at least 4 members (excludes halogenated alkanes) is 5. The lowest BCUT2D eigenvalue weighted by atomic mass is 10.1. The Kier molecular flexibility index (Phi) is 18.5. The van der Waals surface area contributed by atoms with Crippen LogP contribution in [0.2, 0.25) is 0 Å². The molecule has 0 aromatic heterocycles. The first kappa shape index (κ1) is 22.5. The highest BCUT2D eigenvalue weighted by Gasteiger charge is 2.11. The third-order valence-corrected chi connectivity index (χ3v) is 3.83. The van der Waals surface area contributed by atoms with Gasteiger partial charge in [0.2, 0.25) is 0 Å². The summed E-state index contributed by atoms with van der Waals surface area (Å²) in [5.41, 5.74) is 2.56. The van der Waals surface area contributed by atoms with E-state index in [1.165, 1.54) is 63.4 Å². The van der Waals surface area contributed by atoms with E-state index >= 15 is 0 Å². The molecule has 124 valence electrons. The van der Waals surface area contributed by atoms with Crippen LogP contribution in [0.3, 0.4) is 0 Å². The lowest BCUT2D eigenvalue weighted by molar-refractivity contribution is 0.620. The average Bonchev–Trinajstić information content (AvgIpc) is 2.87. The molecule has 0 radical (unpaired) electrons. The zero-order valence-electron chi connectivity index (χ0n) is 15.3. The maximum Gasteiger partial charge on any atom is -0.0297 e. The minimum Gasteiger partial charge on any atom is -0.0999 e. The fourth-order valence-corrected chi connectivity index (χ4v) is 2.15. The van der Waals surface area contributed by atoms with Gasteiger partial charge in [-0.05, 0) is 31.6 Å². The summed E-state index contributed by atoms with van der Waals surface area (Å²) in [7, 11) is 0. The van der Waals surface area contributed by atoms with E-state index < -0.39 is 0 Å². The van der Waals surface area contributed by atoms with Crippen LogP contribution in [0.1, 0.15) is 91.9 Å². The van der Waals surface area contributed by atoms with Crippen LogP contribution in [-0.4, -0.2) is 0 Å². The molecule has 0 spiro atoms. The molecule has 0 aliphatic heterocycles. The zero-order valence-corrected chi connectivity index (χ0v) is 15.3. The first-order chi connectivity index (χ1) is 10.0. The van der Waals surface area contributed by atoms with Crippen molar-refractivity contribution in [3.63, 3.8) is 0 Å². The standard InChI is InChI=1S/C8H18.C7H12.C6H10/c1-3-5-7-8-6-4-2;1-6-3-4-7(2)5-6;1-4-6(3)5-2/h3-8H2,1-2H3;7H,1,3-5H2,2H3;4H,1,3,5H2,2H3. The lowest BCUT2D eigenvalue weighted by Crippen LogP contribution is -1.79. The van der Waals surface area contributed by atoms with E-state index in [4.69, 9.17) is 0 Å². The smallest absolute Gasteiger partial charge is 0.0297 e. The van der Waals surface area contributed by atoms with E-state index in [2.05, 4.69) is 47.4 Å². The summed E-state index contributed by atoms with van der Waals surface area (Å²) < 4.78 is 0. The first-order valence-electron chi connectivity index (χ1n) is 8.98. The number of allylic oxidation sites excluding steroid dienone is 3. The normalized spacial score (nSPS) is 16.4. The summed E-state index contributed by atoms with van der Waals surface area (Å²) in [6.45, 7) is 20.0. The molecular formula is C21H40. The monoisotopic (exact) mass is 292 g/mol. The molecule has 1 aliphatic rings. The molecule has 0 heterocycles. The molecule has 0 N–H and O–H groups in total. The second kappa shape index (κ2) is 17.3. The topological polar surface area (TPSA) is 0 Å². The van der Waals surface area contributed by atoms with Gasteiger partial charge in [0, 0.05) is 0 Å². The van der Waals surface area contributed by atoms with Crippen LogP contribution in [0.25, 0.3) is 0 Å². The Balaban J connectivity index is 0. The van der Waals surface area contributed by atoms with Crippen molar-refractivity contribution in [1.82, 2.24) is 0 Å². The quantitative estimate of drug-likeness (QED) is 0.254. The Morgan fingerprint density at radius 2 is 1.62 bits per heavy atom. The molecule has 0 bridgehead atoms. The number of rotatable bonds is 7. The molecule has 1 rings (SSSR count). The second-order valence-electron chi connectivity index (χ2n) is 6.23. The van der Waals surface area contributed by atoms with Gasteiger partial charge in [-0.2, -0.15) is 0 Å². The van der Waals surface area contributed by atoms with Crippen LogP contribution in [-0.2, 0) is 0 Å². The Bertz CT molecular complexity index is 253. The van der Waals surface area contributed by atoms with Crippen LogP contribution >= 0.6 is 0 Å². The van der Waals surface area contributed by atoms with Crippen LogP contribution in [0.15, 0.2) is 37.0 Å². The van der Waals surface area contributed by atoms with Crippen LogP contribution < -0.4 is 0 Å². The van der Waals surface area contributed by atoms with Crippen molar-refractivity contribution in [2.45, 2.75) is 91.9 Å². The lowest BCUT2D eigenvalue weighted by Gasteiger charge is -1.93. The SMILES string of the molecule is C=C1CCC(C)C1.C=CC(=C)CC.CCCCCCCC. The second-order valence-corrected chi connectivity index (χ2v) is 6.23. The minimum absolute atomic E-state index is 0.924. The highest BCUT2D eigenvalue weighted by molar-refractivity contribution is 5.09. The summed E-state index contributed by atoms with van der Waals surface area (Å²) in [5, 5.41) is 0. The third kappa shape index (κ3) is 19.2. The fourth-order valence-electron chi connectivity index (χ4n) is 2.15. The third-order valence-electron chi connectivity index (χ3n) is 3.83. The first-order valence-corrected chi connectivity index (χ1v) is 8.98. The van der Waals surface area contributed by atoms with E-state index in [9.17, 15) is 0 Å². The Labute approximate surface area is 135 Å². The summed E-state index contributed by atoms with van der Waals surface area (Å²) >= 11 is 0. The van der Waals surface area contributed by atoms with Crippen LogP contribution in [0.4, 0.5) is 0 Å². The van der Waals surface area contributed by atoms with Gasteiger partial charge in [-0.3, -0.25) is 0 Å². The highest BCUT2D eigenvalue weighted by atomic mass is 14.2. The van der Waals surface area contributed by atoms with Gasteiger partial charge >= 0.3 is 0 Å². The van der Waals surface area contributed by atoms with Gasteiger partial charge in [0.25, 0.3) is 0 Å². The molecule has 0 aromatic carbocycles. The molecule has 1 fully saturated rings. The highest BCUT2D eigenvalue weighted by Crippen LogP contribution is 2.27. The summed E-state index contributed by atoms with van der Waals surface area (Å²) in [4.78, 5) is 0. The Morgan fingerprint density at radius 3 is 1.76 bits per heavy atom. The van der Waals surface area contributed by atoms with Gasteiger partial charge in [-0.1, -0.05) is 103 Å². The molecule has 1 unspecified atom stereocenters. The van der Waals surface area contributed by atoms with Crippen molar-refractivity contribution in [2.24, 2.45) is 5.92 Å². The van der Waals surface area contributed by atoms with Gasteiger partial charge in [-0.15, -0.1) is 0 Å². The number of hydrogen-bond acceptors (Lipinski definition) is 0. The molecule has 1 atom stereocenters. The van der Waals surface area contributed by atoms with Crippen LogP contribution in [0, 0.1) is 5.92 Å². The Morgan fingerprint density at radius 1 is 1.10 bits per heavy atom. The Hall–Kier alpha value is -0.780. The molecule has 21 heavy (non-hydrogen) atoms. The largest absolute Gasteiger partial charge is 0.0999 e. The molecule has 0 heteroatoms. The van der Waals surface area contributed by atoms with Crippen molar-refractivity contribution < 1.29 is 0 Å². The maximum absolute atomic E-state index is 3.90. The van der Waals surface area contributed by atoms with Crippen molar-refractivity contribution in [3.05, 3.63) is 37.0 Å². The van der Waals surface area contributed by atoms with Gasteiger partial charge in [0.1, 0.15) is 0 Å². The molecule has 0 saturated heterocycles. The fraction of sp³-hybridized carbons (Fsp3) is 0.714. The minimum atomic E-state index is 0.924. The van der Waals surface area contributed by atoms with Crippen molar-refractivity contribution in [3.8, 4) is 0 Å². The van der Waals surface area contributed by atoms with Gasteiger partial charge < -0.3 is 0 Å². The van der Waals surface area contributed by atoms with E-state index in [1.807, 2.05) is 0 Å². The molecule has 1 saturated carbocycles. The van der Waals surface area contributed by atoms with Gasteiger partial charge in [0.15, 0.2) is 0 Å². The van der Waals surface area contributed by atoms with Crippen molar-refractivity contribution in [2.75, 3.05) is 0 Å². The molecule has 0 aromatic rings. The zero-order chi connectivity index (χ0) is 16.5. The van der Waals surface area contributed by atoms with Gasteiger partial charge in [0.05, 0.1) is 0 Å². The number of hydrogen-bond donors (Lipinski definition) is 0. The predicted octanol–water partition coefficient (Wildman–Crippen LogP) is 7.87.